The van der Waals surface area contributed by atoms with Crippen LogP contribution in [0, 0.1) is 0 Å². The number of carbonyl (C=O) groups excluding carboxylic acids is 1. The smallest absolute Gasteiger partial charge is 0.323 e. The lowest BCUT2D eigenvalue weighted by atomic mass is 10.3. The first-order valence-corrected chi connectivity index (χ1v) is 7.80. The van der Waals surface area contributed by atoms with Crippen LogP contribution in [0.15, 0.2) is 53.4 Å². The van der Waals surface area contributed by atoms with Crippen molar-refractivity contribution in [1.29, 1.82) is 0 Å². The van der Waals surface area contributed by atoms with Gasteiger partial charge in [-0.3, -0.25) is 4.21 Å². The van der Waals surface area contributed by atoms with Gasteiger partial charge in [0.2, 0.25) is 0 Å². The molecule has 0 aliphatic carbocycles. The van der Waals surface area contributed by atoms with Gasteiger partial charge in [-0.25, -0.2) is 4.79 Å². The zero-order valence-corrected chi connectivity index (χ0v) is 12.6. The third-order valence-corrected chi connectivity index (χ3v) is 3.69. The van der Waals surface area contributed by atoms with E-state index in [0.717, 1.165) is 5.75 Å². The maximum Gasteiger partial charge on any atom is 0.323 e. The number of nitrogens with one attached hydrogen (secondary N) is 2. The van der Waals surface area contributed by atoms with Crippen LogP contribution in [0.3, 0.4) is 0 Å². The van der Waals surface area contributed by atoms with Crippen molar-refractivity contribution in [3.63, 3.8) is 0 Å². The fourth-order valence-electron chi connectivity index (χ4n) is 1.72. The first kappa shape index (κ1) is 15.1. The minimum atomic E-state index is -1.08. The van der Waals surface area contributed by atoms with Crippen molar-refractivity contribution in [3.8, 4) is 5.75 Å². The lowest BCUT2D eigenvalue weighted by molar-refractivity contribution is 0.262. The molecule has 0 aliphatic heterocycles. The Hall–Kier alpha value is -2.34. The number of amides is 2. The van der Waals surface area contributed by atoms with Crippen LogP contribution in [0.4, 0.5) is 16.2 Å². The van der Waals surface area contributed by atoms with Crippen LogP contribution >= 0.6 is 0 Å². The molecule has 0 heterocycles. The van der Waals surface area contributed by atoms with E-state index in [1.54, 1.807) is 61.9 Å². The number of ether oxygens (including phenoxy) is 1. The predicted molar refractivity (Wildman–Crippen MR) is 84.4 cm³/mol. The Morgan fingerprint density at radius 3 is 2.33 bits per heavy atom. The molecule has 6 heteroatoms. The molecule has 21 heavy (non-hydrogen) atoms. The van der Waals surface area contributed by atoms with Gasteiger partial charge in [0.15, 0.2) is 0 Å². The Balaban J connectivity index is 2.00. The van der Waals surface area contributed by atoms with Crippen molar-refractivity contribution in [2.45, 2.75) is 4.90 Å². The van der Waals surface area contributed by atoms with E-state index >= 15 is 0 Å². The molecule has 2 rings (SSSR count). The zero-order chi connectivity index (χ0) is 15.2. The van der Waals surface area contributed by atoms with Gasteiger partial charge in [-0.15, -0.1) is 0 Å². The number of methoxy groups -OCH3 is 1. The van der Waals surface area contributed by atoms with E-state index in [9.17, 15) is 9.00 Å². The summed E-state index contributed by atoms with van der Waals surface area (Å²) in [5.41, 5.74) is 1.25. The highest BCUT2D eigenvalue weighted by molar-refractivity contribution is 7.84. The summed E-state index contributed by atoms with van der Waals surface area (Å²) in [5.74, 6) is 0.721. The molecule has 0 bridgehead atoms. The third kappa shape index (κ3) is 4.32. The topological polar surface area (TPSA) is 67.4 Å². The third-order valence-electron chi connectivity index (χ3n) is 2.77. The van der Waals surface area contributed by atoms with Gasteiger partial charge in [-0.05, 0) is 42.5 Å². The quantitative estimate of drug-likeness (QED) is 0.912. The molecule has 2 aromatic carbocycles. The highest BCUT2D eigenvalue weighted by Crippen LogP contribution is 2.16. The number of rotatable bonds is 4. The lowest BCUT2D eigenvalue weighted by Gasteiger charge is -2.09. The molecule has 0 radical (unpaired) electrons. The van der Waals surface area contributed by atoms with E-state index in [2.05, 4.69) is 10.6 Å². The normalized spacial score (nSPS) is 11.5. The average Bonchev–Trinajstić information content (AvgIpc) is 2.48. The first-order valence-electron chi connectivity index (χ1n) is 6.24. The highest BCUT2D eigenvalue weighted by atomic mass is 32.2. The van der Waals surface area contributed by atoms with Crippen LogP contribution < -0.4 is 15.4 Å². The highest BCUT2D eigenvalue weighted by Gasteiger charge is 2.04. The lowest BCUT2D eigenvalue weighted by Crippen LogP contribution is -2.19. The van der Waals surface area contributed by atoms with Gasteiger partial charge in [-0.2, -0.15) is 0 Å². The van der Waals surface area contributed by atoms with Crippen molar-refractivity contribution in [3.05, 3.63) is 48.5 Å². The molecule has 0 spiro atoms. The van der Waals surface area contributed by atoms with Gasteiger partial charge in [0.1, 0.15) is 5.75 Å². The molecule has 0 aliphatic rings. The van der Waals surface area contributed by atoms with Crippen molar-refractivity contribution in [1.82, 2.24) is 0 Å². The van der Waals surface area contributed by atoms with E-state index in [4.69, 9.17) is 4.74 Å². The van der Waals surface area contributed by atoms with Crippen LogP contribution in [-0.2, 0) is 10.8 Å². The zero-order valence-electron chi connectivity index (χ0n) is 11.8. The second kappa shape index (κ2) is 6.90. The molecule has 0 unspecified atom stereocenters. The summed E-state index contributed by atoms with van der Waals surface area (Å²) >= 11 is 0. The first-order chi connectivity index (χ1) is 10.1. The predicted octanol–water partition coefficient (Wildman–Crippen LogP) is 3.08. The molecule has 0 aromatic heterocycles. The number of benzene rings is 2. The number of hydrogen-bond acceptors (Lipinski definition) is 3. The number of carbonyl (C=O) groups is 1. The molecule has 2 N–H and O–H groups in total. The van der Waals surface area contributed by atoms with Crippen LogP contribution in [0.1, 0.15) is 0 Å². The second-order valence-corrected chi connectivity index (χ2v) is 5.67. The van der Waals surface area contributed by atoms with Crippen LogP contribution in [0.2, 0.25) is 0 Å². The van der Waals surface area contributed by atoms with Gasteiger partial charge in [0, 0.05) is 33.3 Å². The van der Waals surface area contributed by atoms with Crippen LogP contribution in [0.25, 0.3) is 0 Å². The number of anilines is 2. The average molecular weight is 304 g/mol. The summed E-state index contributed by atoms with van der Waals surface area (Å²) in [5, 5.41) is 5.41. The van der Waals surface area contributed by atoms with Gasteiger partial charge in [0.05, 0.1) is 7.11 Å². The van der Waals surface area contributed by atoms with E-state index in [1.807, 2.05) is 0 Å². The number of urea groups is 1. The van der Waals surface area contributed by atoms with E-state index in [1.165, 1.54) is 0 Å². The minimum absolute atomic E-state index is 0.362. The molecule has 2 amide bonds. The molecule has 0 saturated carbocycles. The van der Waals surface area contributed by atoms with Crippen molar-refractivity contribution >= 4 is 28.2 Å². The fraction of sp³-hybridized carbons (Fsp3) is 0.133. The molecule has 2 aromatic rings. The molecule has 5 nitrogen and oxygen atoms in total. The maximum absolute atomic E-state index is 11.9. The molecular formula is C15H16N2O3S. The van der Waals surface area contributed by atoms with Crippen molar-refractivity contribution in [2.75, 3.05) is 24.0 Å². The van der Waals surface area contributed by atoms with E-state index in [0.29, 0.717) is 16.3 Å². The van der Waals surface area contributed by atoms with Crippen molar-refractivity contribution < 1.29 is 13.7 Å². The van der Waals surface area contributed by atoms with Gasteiger partial charge < -0.3 is 15.4 Å². The summed E-state index contributed by atoms with van der Waals surface area (Å²) in [6, 6.07) is 13.6. The van der Waals surface area contributed by atoms with Crippen molar-refractivity contribution in [2.24, 2.45) is 0 Å². The van der Waals surface area contributed by atoms with Crippen LogP contribution in [0.5, 0.6) is 5.75 Å². The number of hydrogen-bond donors (Lipinski definition) is 2. The Morgan fingerprint density at radius 1 is 1.05 bits per heavy atom. The fourth-order valence-corrected chi connectivity index (χ4v) is 2.28. The molecular weight excluding hydrogens is 288 g/mol. The summed E-state index contributed by atoms with van der Waals surface area (Å²) in [7, 11) is 0.502. The summed E-state index contributed by atoms with van der Waals surface area (Å²) in [4.78, 5) is 12.6. The SMILES string of the molecule is COc1ccc(NC(=O)Nc2cccc([S@@](C)=O)c2)cc1. The van der Waals surface area contributed by atoms with Gasteiger partial charge in [-0.1, -0.05) is 6.07 Å². The Morgan fingerprint density at radius 2 is 1.71 bits per heavy atom. The largest absolute Gasteiger partial charge is 0.497 e. The molecule has 110 valence electrons. The molecule has 0 fully saturated rings. The summed E-state index contributed by atoms with van der Waals surface area (Å²) in [6.45, 7) is 0. The Labute approximate surface area is 125 Å². The minimum Gasteiger partial charge on any atom is -0.497 e. The Kier molecular flexibility index (Phi) is 4.94. The Bertz CT molecular complexity index is 656. The monoisotopic (exact) mass is 304 g/mol. The second-order valence-electron chi connectivity index (χ2n) is 4.29. The summed E-state index contributed by atoms with van der Waals surface area (Å²) in [6.07, 6.45) is 1.59. The van der Waals surface area contributed by atoms with Crippen LogP contribution in [-0.4, -0.2) is 23.6 Å². The van der Waals surface area contributed by atoms with E-state index in [-0.39, 0.29) is 6.03 Å². The molecule has 1 atom stereocenters. The van der Waals surface area contributed by atoms with E-state index < -0.39 is 10.8 Å². The molecule has 0 saturated heterocycles. The van der Waals surface area contributed by atoms with Gasteiger partial charge in [0.25, 0.3) is 0 Å². The summed E-state index contributed by atoms with van der Waals surface area (Å²) < 4.78 is 16.5. The maximum atomic E-state index is 11.9. The standard InChI is InChI=1S/C15H16N2O3S/c1-20-13-8-6-11(7-9-13)16-15(18)17-12-4-3-5-14(10-12)21(2)19/h3-10H,1-2H3,(H2,16,17,18)/t21-/m1/s1. The van der Waals surface area contributed by atoms with Gasteiger partial charge >= 0.3 is 6.03 Å².